The van der Waals surface area contributed by atoms with Crippen molar-refractivity contribution in [2.75, 3.05) is 13.2 Å². The number of nitriles is 1. The van der Waals surface area contributed by atoms with E-state index in [-0.39, 0.29) is 23.8 Å². The molecule has 17 heavy (non-hydrogen) atoms. The summed E-state index contributed by atoms with van der Waals surface area (Å²) in [7, 11) is 0. The Kier molecular flexibility index (Phi) is 4.95. The van der Waals surface area contributed by atoms with Gasteiger partial charge in [0.2, 0.25) is 0 Å². The van der Waals surface area contributed by atoms with E-state index in [1.54, 1.807) is 6.07 Å². The van der Waals surface area contributed by atoms with Crippen molar-refractivity contribution in [3.63, 3.8) is 0 Å². The van der Waals surface area contributed by atoms with Crippen molar-refractivity contribution < 1.29 is 13.9 Å². The average molecular weight is 236 g/mol. The van der Waals surface area contributed by atoms with E-state index in [1.165, 1.54) is 18.2 Å². The monoisotopic (exact) mass is 236 g/mol. The van der Waals surface area contributed by atoms with Crippen LogP contribution in [0.5, 0.6) is 5.75 Å². The minimum atomic E-state index is -0.654. The van der Waals surface area contributed by atoms with E-state index in [9.17, 15) is 9.18 Å². The topological polar surface area (TPSA) is 62.1 Å². The Morgan fingerprint density at radius 1 is 1.59 bits per heavy atom. The maximum atomic E-state index is 13.2. The summed E-state index contributed by atoms with van der Waals surface area (Å²) in [5.41, 5.74) is -0.184. The standard InChI is InChI=1S/C12H13FN2O2/c1-2-6-15-12(16)8-17-11-5-3-4-10(13)9(11)7-14/h3-5H,2,6,8H2,1H3,(H,15,16). The summed E-state index contributed by atoms with van der Waals surface area (Å²) >= 11 is 0. The van der Waals surface area contributed by atoms with Gasteiger partial charge in [0.05, 0.1) is 0 Å². The lowest BCUT2D eigenvalue weighted by Gasteiger charge is -2.08. The van der Waals surface area contributed by atoms with Gasteiger partial charge in [-0.25, -0.2) is 4.39 Å². The van der Waals surface area contributed by atoms with Gasteiger partial charge in [-0.15, -0.1) is 0 Å². The molecule has 1 N–H and O–H groups in total. The number of hydrogen-bond donors (Lipinski definition) is 1. The van der Waals surface area contributed by atoms with E-state index in [0.29, 0.717) is 6.54 Å². The van der Waals surface area contributed by atoms with Crippen LogP contribution in [0, 0.1) is 17.1 Å². The van der Waals surface area contributed by atoms with Crippen molar-refractivity contribution in [2.24, 2.45) is 0 Å². The Hall–Kier alpha value is -2.09. The van der Waals surface area contributed by atoms with Gasteiger partial charge in [-0.3, -0.25) is 4.79 Å². The van der Waals surface area contributed by atoms with Crippen molar-refractivity contribution in [2.45, 2.75) is 13.3 Å². The van der Waals surface area contributed by atoms with E-state index in [0.717, 1.165) is 6.42 Å². The van der Waals surface area contributed by atoms with Crippen LogP contribution >= 0.6 is 0 Å². The molecule has 1 rings (SSSR count). The lowest BCUT2D eigenvalue weighted by atomic mass is 10.2. The maximum absolute atomic E-state index is 13.2. The zero-order chi connectivity index (χ0) is 12.7. The number of halogens is 1. The highest BCUT2D eigenvalue weighted by atomic mass is 19.1. The second-order valence-electron chi connectivity index (χ2n) is 3.36. The first-order valence-corrected chi connectivity index (χ1v) is 5.27. The largest absolute Gasteiger partial charge is 0.482 e. The molecule has 1 aromatic rings. The Balaban J connectivity index is 2.61. The molecule has 5 heteroatoms. The van der Waals surface area contributed by atoms with Gasteiger partial charge in [0.1, 0.15) is 23.2 Å². The number of benzene rings is 1. The van der Waals surface area contributed by atoms with Crippen LogP contribution in [-0.4, -0.2) is 19.1 Å². The number of ether oxygens (including phenoxy) is 1. The fourth-order valence-corrected chi connectivity index (χ4v) is 1.19. The van der Waals surface area contributed by atoms with Gasteiger partial charge in [0.15, 0.2) is 6.61 Å². The third kappa shape index (κ3) is 3.76. The molecule has 4 nitrogen and oxygen atoms in total. The van der Waals surface area contributed by atoms with Crippen LogP contribution in [0.25, 0.3) is 0 Å². The first kappa shape index (κ1) is 13.0. The van der Waals surface area contributed by atoms with Crippen LogP contribution in [-0.2, 0) is 4.79 Å². The summed E-state index contributed by atoms with van der Waals surface area (Å²) < 4.78 is 18.3. The molecule has 0 atom stereocenters. The number of nitrogens with one attached hydrogen (secondary N) is 1. The molecule has 0 saturated carbocycles. The first-order valence-electron chi connectivity index (χ1n) is 5.27. The summed E-state index contributed by atoms with van der Waals surface area (Å²) in [4.78, 5) is 11.2. The highest BCUT2D eigenvalue weighted by Crippen LogP contribution is 2.19. The molecule has 0 spiro atoms. The van der Waals surface area contributed by atoms with Crippen LogP contribution in [0.15, 0.2) is 18.2 Å². The highest BCUT2D eigenvalue weighted by Gasteiger charge is 2.10. The number of amides is 1. The maximum Gasteiger partial charge on any atom is 0.257 e. The lowest BCUT2D eigenvalue weighted by molar-refractivity contribution is -0.123. The van der Waals surface area contributed by atoms with E-state index in [2.05, 4.69) is 5.32 Å². The van der Waals surface area contributed by atoms with Crippen LogP contribution in [0.3, 0.4) is 0 Å². The Morgan fingerprint density at radius 2 is 2.35 bits per heavy atom. The minimum Gasteiger partial charge on any atom is -0.482 e. The van der Waals surface area contributed by atoms with Crippen molar-refractivity contribution in [1.82, 2.24) is 5.32 Å². The number of rotatable bonds is 5. The molecule has 0 aliphatic heterocycles. The molecule has 0 radical (unpaired) electrons. The molecule has 1 aromatic carbocycles. The van der Waals surface area contributed by atoms with Crippen molar-refractivity contribution in [1.29, 1.82) is 5.26 Å². The molecule has 0 aliphatic carbocycles. The Labute approximate surface area is 99.0 Å². The molecule has 0 aliphatic rings. The fourth-order valence-electron chi connectivity index (χ4n) is 1.19. The number of nitrogens with zero attached hydrogens (tertiary/aromatic N) is 1. The van der Waals surface area contributed by atoms with E-state index in [4.69, 9.17) is 10.00 Å². The fraction of sp³-hybridized carbons (Fsp3) is 0.333. The van der Waals surface area contributed by atoms with Gasteiger partial charge in [-0.1, -0.05) is 13.0 Å². The lowest BCUT2D eigenvalue weighted by Crippen LogP contribution is -2.29. The highest BCUT2D eigenvalue weighted by molar-refractivity contribution is 5.77. The second-order valence-corrected chi connectivity index (χ2v) is 3.36. The van der Waals surface area contributed by atoms with Gasteiger partial charge < -0.3 is 10.1 Å². The van der Waals surface area contributed by atoms with Crippen molar-refractivity contribution >= 4 is 5.91 Å². The van der Waals surface area contributed by atoms with Gasteiger partial charge in [0, 0.05) is 6.54 Å². The molecule has 0 heterocycles. The third-order valence-corrected chi connectivity index (χ3v) is 2.02. The predicted octanol–water partition coefficient (Wildman–Crippen LogP) is 1.60. The number of hydrogen-bond acceptors (Lipinski definition) is 3. The van der Waals surface area contributed by atoms with Crippen LogP contribution in [0.4, 0.5) is 4.39 Å². The summed E-state index contributed by atoms with van der Waals surface area (Å²) in [6.45, 7) is 2.27. The predicted molar refractivity (Wildman–Crippen MR) is 59.9 cm³/mol. The quantitative estimate of drug-likeness (QED) is 0.844. The molecular weight excluding hydrogens is 223 g/mol. The van der Waals surface area contributed by atoms with E-state index < -0.39 is 5.82 Å². The Bertz CT molecular complexity index is 441. The van der Waals surface area contributed by atoms with Crippen LogP contribution < -0.4 is 10.1 Å². The smallest absolute Gasteiger partial charge is 0.257 e. The molecule has 1 amide bonds. The molecule has 90 valence electrons. The molecular formula is C12H13FN2O2. The van der Waals surface area contributed by atoms with Gasteiger partial charge in [-0.2, -0.15) is 5.26 Å². The van der Waals surface area contributed by atoms with Crippen LogP contribution in [0.2, 0.25) is 0 Å². The summed E-state index contributed by atoms with van der Waals surface area (Å²) in [5, 5.41) is 11.3. The normalized spacial score (nSPS) is 9.47. The summed E-state index contributed by atoms with van der Waals surface area (Å²) in [6, 6.07) is 5.75. The third-order valence-electron chi connectivity index (χ3n) is 2.02. The van der Waals surface area contributed by atoms with Gasteiger partial charge in [0.25, 0.3) is 5.91 Å². The molecule has 0 fully saturated rings. The molecule has 0 saturated heterocycles. The molecule has 0 bridgehead atoms. The van der Waals surface area contributed by atoms with Crippen LogP contribution in [0.1, 0.15) is 18.9 Å². The average Bonchev–Trinajstić information content (AvgIpc) is 2.33. The zero-order valence-electron chi connectivity index (χ0n) is 9.50. The second kappa shape index (κ2) is 6.48. The number of carbonyl (C=O) groups is 1. The van der Waals surface area contributed by atoms with Gasteiger partial charge >= 0.3 is 0 Å². The summed E-state index contributed by atoms with van der Waals surface area (Å²) in [6.07, 6.45) is 0.829. The first-order chi connectivity index (χ1) is 8.19. The SMILES string of the molecule is CCCNC(=O)COc1cccc(F)c1C#N. The van der Waals surface area contributed by atoms with Crippen molar-refractivity contribution in [3.05, 3.63) is 29.6 Å². The van der Waals surface area contributed by atoms with E-state index in [1.807, 2.05) is 6.92 Å². The summed E-state index contributed by atoms with van der Waals surface area (Å²) in [5.74, 6) is -0.863. The van der Waals surface area contributed by atoms with E-state index >= 15 is 0 Å². The number of carbonyl (C=O) groups excluding carboxylic acids is 1. The zero-order valence-corrected chi connectivity index (χ0v) is 9.50. The molecule has 0 unspecified atom stereocenters. The Morgan fingerprint density at radius 3 is 3.00 bits per heavy atom. The molecule has 0 aromatic heterocycles. The van der Waals surface area contributed by atoms with Crippen molar-refractivity contribution in [3.8, 4) is 11.8 Å². The minimum absolute atomic E-state index is 0.0825. The van der Waals surface area contributed by atoms with Gasteiger partial charge in [-0.05, 0) is 18.6 Å².